The average Bonchev–Trinajstić information content (AvgIpc) is 3.21. The van der Waals surface area contributed by atoms with Crippen LogP contribution in [0.25, 0.3) is 0 Å². The number of urea groups is 1. The number of aliphatic hydroxyl groups excluding tert-OH is 1. The molecule has 0 aromatic carbocycles. The van der Waals surface area contributed by atoms with Crippen molar-refractivity contribution in [2.45, 2.75) is 44.7 Å². The average molecular weight is 323 g/mol. The summed E-state index contributed by atoms with van der Waals surface area (Å²) in [6.45, 7) is 5.04. The lowest BCUT2D eigenvalue weighted by atomic mass is 10.2. The highest BCUT2D eigenvalue weighted by Crippen LogP contribution is 2.26. The third-order valence-corrected chi connectivity index (χ3v) is 5.68. The van der Waals surface area contributed by atoms with Crippen molar-refractivity contribution in [3.63, 3.8) is 0 Å². The molecule has 3 heterocycles. The molecule has 3 rings (SSSR count). The number of anilines is 1. The molecule has 0 saturated carbocycles. The first-order valence-electron chi connectivity index (χ1n) is 8.16. The van der Waals surface area contributed by atoms with Gasteiger partial charge in [-0.1, -0.05) is 0 Å². The molecule has 0 spiro atoms. The zero-order chi connectivity index (χ0) is 15.5. The number of hydrogen-bond acceptors (Lipinski definition) is 4. The number of amides is 2. The lowest BCUT2D eigenvalue weighted by molar-refractivity contribution is 0.130. The van der Waals surface area contributed by atoms with Gasteiger partial charge in [-0.15, -0.1) is 11.3 Å². The van der Waals surface area contributed by atoms with Crippen LogP contribution in [0.5, 0.6) is 0 Å². The number of rotatable bonds is 4. The van der Waals surface area contributed by atoms with Gasteiger partial charge in [-0.25, -0.2) is 4.79 Å². The van der Waals surface area contributed by atoms with Gasteiger partial charge in [0.1, 0.15) is 0 Å². The maximum Gasteiger partial charge on any atom is 0.322 e. The molecule has 0 radical (unpaired) electrons. The Labute approximate surface area is 135 Å². The number of carbonyl (C=O) groups excluding carboxylic acids is 1. The predicted molar refractivity (Wildman–Crippen MR) is 89.5 cm³/mol. The number of thiophene rings is 1. The summed E-state index contributed by atoms with van der Waals surface area (Å²) < 4.78 is 0. The highest BCUT2D eigenvalue weighted by molar-refractivity contribution is 7.16. The van der Waals surface area contributed by atoms with Gasteiger partial charge >= 0.3 is 6.03 Å². The van der Waals surface area contributed by atoms with Gasteiger partial charge in [-0.05, 0) is 51.3 Å². The van der Waals surface area contributed by atoms with Crippen molar-refractivity contribution < 1.29 is 9.90 Å². The smallest absolute Gasteiger partial charge is 0.322 e. The number of carbonyl (C=O) groups is 1. The second-order valence-electron chi connectivity index (χ2n) is 6.30. The monoisotopic (exact) mass is 323 g/mol. The maximum atomic E-state index is 12.5. The van der Waals surface area contributed by atoms with Gasteiger partial charge in [0.15, 0.2) is 0 Å². The summed E-state index contributed by atoms with van der Waals surface area (Å²) >= 11 is 1.61. The van der Waals surface area contributed by atoms with Crippen LogP contribution in [-0.2, 0) is 0 Å². The molecule has 2 atom stereocenters. The normalized spacial score (nSPS) is 25.8. The fourth-order valence-electron chi connectivity index (χ4n) is 3.58. The molecule has 5 nitrogen and oxygen atoms in total. The molecule has 1 aromatic heterocycles. The van der Waals surface area contributed by atoms with Crippen LogP contribution in [0, 0.1) is 6.92 Å². The predicted octanol–water partition coefficient (Wildman–Crippen LogP) is 2.51. The molecule has 122 valence electrons. The highest BCUT2D eigenvalue weighted by atomic mass is 32.1. The van der Waals surface area contributed by atoms with E-state index in [0.29, 0.717) is 0 Å². The molecule has 1 aromatic rings. The molecule has 0 unspecified atom stereocenters. The van der Waals surface area contributed by atoms with Gasteiger partial charge in [0.2, 0.25) is 0 Å². The Morgan fingerprint density at radius 1 is 1.32 bits per heavy atom. The highest BCUT2D eigenvalue weighted by Gasteiger charge is 2.33. The van der Waals surface area contributed by atoms with Gasteiger partial charge in [-0.2, -0.15) is 0 Å². The van der Waals surface area contributed by atoms with Crippen molar-refractivity contribution in [3.05, 3.63) is 17.0 Å². The molecule has 6 heteroatoms. The number of hydrogen-bond donors (Lipinski definition) is 2. The van der Waals surface area contributed by atoms with Crippen LogP contribution in [-0.4, -0.2) is 59.3 Å². The Kier molecular flexibility index (Phi) is 5.00. The Bertz CT molecular complexity index is 519. The minimum Gasteiger partial charge on any atom is -0.395 e. The van der Waals surface area contributed by atoms with E-state index in [2.05, 4.69) is 10.2 Å². The van der Waals surface area contributed by atoms with Crippen LogP contribution in [0.2, 0.25) is 0 Å². The van der Waals surface area contributed by atoms with E-state index in [1.807, 2.05) is 24.0 Å². The number of likely N-dealkylation sites (tertiary alicyclic amines) is 2. The molecule has 22 heavy (non-hydrogen) atoms. The first-order valence-corrected chi connectivity index (χ1v) is 8.98. The third kappa shape index (κ3) is 3.45. The van der Waals surface area contributed by atoms with Crippen LogP contribution in [0.4, 0.5) is 9.80 Å². The van der Waals surface area contributed by atoms with E-state index in [9.17, 15) is 9.90 Å². The summed E-state index contributed by atoms with van der Waals surface area (Å²) in [5, 5.41) is 13.4. The summed E-state index contributed by atoms with van der Waals surface area (Å²) in [6.07, 6.45) is 4.35. The molecule has 0 aliphatic carbocycles. The van der Waals surface area contributed by atoms with Crippen molar-refractivity contribution in [2.24, 2.45) is 0 Å². The van der Waals surface area contributed by atoms with E-state index in [1.54, 1.807) is 11.3 Å². The molecule has 2 fully saturated rings. The van der Waals surface area contributed by atoms with E-state index in [4.69, 9.17) is 0 Å². The lowest BCUT2D eigenvalue weighted by Gasteiger charge is -2.31. The van der Waals surface area contributed by atoms with Gasteiger partial charge in [0, 0.05) is 30.1 Å². The molecule has 2 aliphatic heterocycles. The van der Waals surface area contributed by atoms with Gasteiger partial charge in [-0.3, -0.25) is 10.2 Å². The topological polar surface area (TPSA) is 55.8 Å². The number of aryl methyl sites for hydroxylation is 1. The first kappa shape index (κ1) is 15.8. The van der Waals surface area contributed by atoms with Gasteiger partial charge in [0.25, 0.3) is 0 Å². The zero-order valence-electron chi connectivity index (χ0n) is 13.1. The van der Waals surface area contributed by atoms with Crippen molar-refractivity contribution >= 4 is 22.4 Å². The molecular weight excluding hydrogens is 298 g/mol. The molecule has 2 N–H and O–H groups in total. The van der Waals surface area contributed by atoms with Crippen molar-refractivity contribution in [1.82, 2.24) is 9.80 Å². The summed E-state index contributed by atoms with van der Waals surface area (Å²) in [7, 11) is 0. The summed E-state index contributed by atoms with van der Waals surface area (Å²) in [4.78, 5) is 18.0. The number of nitrogens with zero attached hydrogens (tertiary/aromatic N) is 2. The van der Waals surface area contributed by atoms with E-state index in [0.717, 1.165) is 50.3 Å². The Balaban J connectivity index is 1.59. The minimum atomic E-state index is 0.0177. The Morgan fingerprint density at radius 3 is 2.82 bits per heavy atom. The van der Waals surface area contributed by atoms with E-state index >= 15 is 0 Å². The third-order valence-electron chi connectivity index (χ3n) is 4.76. The molecule has 2 saturated heterocycles. The van der Waals surface area contributed by atoms with Crippen LogP contribution in [0.1, 0.15) is 30.6 Å². The first-order chi connectivity index (χ1) is 10.7. The second kappa shape index (κ2) is 6.98. The quantitative estimate of drug-likeness (QED) is 0.895. The second-order valence-corrected chi connectivity index (χ2v) is 7.59. The van der Waals surface area contributed by atoms with Gasteiger partial charge < -0.3 is 10.0 Å². The van der Waals surface area contributed by atoms with Gasteiger partial charge in [0.05, 0.1) is 11.6 Å². The van der Waals surface area contributed by atoms with Crippen LogP contribution in [0.15, 0.2) is 12.1 Å². The number of nitrogens with one attached hydrogen (secondary N) is 1. The zero-order valence-corrected chi connectivity index (χ0v) is 13.9. The molecular formula is C16H25N3O2S. The fourth-order valence-corrected chi connectivity index (χ4v) is 4.34. The van der Waals surface area contributed by atoms with Crippen LogP contribution < -0.4 is 5.32 Å². The number of aliphatic hydroxyl groups is 1. The standard InChI is InChI=1S/C16H25N3O2S/c1-12-6-7-15(22-12)17-16(21)19-9-3-4-13(19)10-18-8-2-5-14(18)11-20/h6-7,13-14,20H,2-5,8-11H2,1H3,(H,17,21)/t13-,14+/m1/s1. The molecule has 2 aliphatic rings. The van der Waals surface area contributed by atoms with Crippen molar-refractivity contribution in [1.29, 1.82) is 0 Å². The fraction of sp³-hybridized carbons (Fsp3) is 0.688. The van der Waals surface area contributed by atoms with Crippen molar-refractivity contribution in [3.8, 4) is 0 Å². The van der Waals surface area contributed by atoms with Crippen molar-refractivity contribution in [2.75, 3.05) is 31.6 Å². The summed E-state index contributed by atoms with van der Waals surface area (Å²) in [6, 6.07) is 4.56. The van der Waals surface area contributed by atoms with E-state index in [1.165, 1.54) is 4.88 Å². The Morgan fingerprint density at radius 2 is 2.09 bits per heavy atom. The molecule has 0 bridgehead atoms. The molecule has 2 amide bonds. The largest absolute Gasteiger partial charge is 0.395 e. The Hall–Kier alpha value is -1.11. The summed E-state index contributed by atoms with van der Waals surface area (Å²) in [5.41, 5.74) is 0. The van der Waals surface area contributed by atoms with Crippen LogP contribution >= 0.6 is 11.3 Å². The van der Waals surface area contributed by atoms with E-state index in [-0.39, 0.29) is 24.7 Å². The lowest BCUT2D eigenvalue weighted by Crippen LogP contribution is -2.46. The SMILES string of the molecule is Cc1ccc(NC(=O)N2CCC[C@@H]2CN2CCC[C@H]2CO)s1. The minimum absolute atomic E-state index is 0.0177. The summed E-state index contributed by atoms with van der Waals surface area (Å²) in [5.74, 6) is 0. The van der Waals surface area contributed by atoms with E-state index < -0.39 is 0 Å². The van der Waals surface area contributed by atoms with Crippen LogP contribution in [0.3, 0.4) is 0 Å². The maximum absolute atomic E-state index is 12.5.